The van der Waals surface area contributed by atoms with Gasteiger partial charge in [0.1, 0.15) is 5.75 Å². The van der Waals surface area contributed by atoms with Gasteiger partial charge in [-0.2, -0.15) is 5.10 Å². The van der Waals surface area contributed by atoms with Gasteiger partial charge in [0.25, 0.3) is 5.91 Å². The van der Waals surface area contributed by atoms with Crippen LogP contribution in [-0.2, 0) is 6.54 Å². The zero-order chi connectivity index (χ0) is 15.5. The molecule has 3 rings (SSSR count). The molecule has 5 heteroatoms. The number of hydrogen-bond donors (Lipinski definition) is 0. The molecule has 0 aliphatic carbocycles. The molecule has 0 bridgehead atoms. The van der Waals surface area contributed by atoms with Crippen molar-refractivity contribution < 1.29 is 9.53 Å². The normalized spacial score (nSPS) is 17.7. The lowest BCUT2D eigenvalue weighted by molar-refractivity contribution is 0.0718. The predicted octanol–water partition coefficient (Wildman–Crippen LogP) is 2.50. The first-order chi connectivity index (χ1) is 10.7. The molecule has 0 saturated carbocycles. The Morgan fingerprint density at radius 1 is 1.41 bits per heavy atom. The Bertz CT molecular complexity index is 665. The van der Waals surface area contributed by atoms with Gasteiger partial charge in [0.2, 0.25) is 0 Å². The van der Waals surface area contributed by atoms with Crippen LogP contribution in [0.2, 0.25) is 0 Å². The molecule has 0 spiro atoms. The molecule has 116 valence electrons. The molecular weight excluding hydrogens is 278 g/mol. The average Bonchev–Trinajstić information content (AvgIpc) is 3.16. The summed E-state index contributed by atoms with van der Waals surface area (Å²) in [6, 6.07) is 7.60. The van der Waals surface area contributed by atoms with Crippen LogP contribution in [0.1, 0.15) is 28.8 Å². The number of likely N-dealkylation sites (tertiary alicyclic amines) is 1. The zero-order valence-electron chi connectivity index (χ0n) is 13.0. The second-order valence-corrected chi connectivity index (χ2v) is 5.73. The second kappa shape index (κ2) is 6.22. The summed E-state index contributed by atoms with van der Waals surface area (Å²) in [5.74, 6) is 0.678. The number of para-hydroxylation sites is 1. The fourth-order valence-electron chi connectivity index (χ4n) is 3.05. The number of carbonyl (C=O) groups excluding carboxylic acids is 1. The van der Waals surface area contributed by atoms with Gasteiger partial charge in [-0.05, 0) is 37.5 Å². The van der Waals surface area contributed by atoms with Gasteiger partial charge in [-0.1, -0.05) is 12.1 Å². The molecule has 1 aliphatic heterocycles. The highest BCUT2D eigenvalue weighted by Crippen LogP contribution is 2.25. The summed E-state index contributed by atoms with van der Waals surface area (Å²) >= 11 is 0. The van der Waals surface area contributed by atoms with E-state index in [-0.39, 0.29) is 11.9 Å². The fraction of sp³-hybridized carbons (Fsp3) is 0.412. The largest absolute Gasteiger partial charge is 0.496 e. The number of ether oxygens (including phenoxy) is 1. The van der Waals surface area contributed by atoms with Gasteiger partial charge in [0.05, 0.1) is 31.5 Å². The van der Waals surface area contributed by atoms with Gasteiger partial charge >= 0.3 is 0 Å². The van der Waals surface area contributed by atoms with E-state index in [0.717, 1.165) is 31.5 Å². The maximum Gasteiger partial charge on any atom is 0.257 e. The van der Waals surface area contributed by atoms with E-state index in [1.54, 1.807) is 7.11 Å². The molecule has 1 atom stereocenters. The van der Waals surface area contributed by atoms with Crippen molar-refractivity contribution in [3.05, 3.63) is 47.8 Å². The van der Waals surface area contributed by atoms with E-state index >= 15 is 0 Å². The van der Waals surface area contributed by atoms with E-state index in [4.69, 9.17) is 4.74 Å². The molecular formula is C17H21N3O2. The Morgan fingerprint density at radius 2 is 2.23 bits per heavy atom. The molecule has 2 aromatic rings. The highest BCUT2D eigenvalue weighted by atomic mass is 16.5. The van der Waals surface area contributed by atoms with Crippen molar-refractivity contribution in [2.45, 2.75) is 32.4 Å². The third kappa shape index (κ3) is 2.84. The number of benzene rings is 1. The quantitative estimate of drug-likeness (QED) is 0.871. The van der Waals surface area contributed by atoms with Gasteiger partial charge in [-0.3, -0.25) is 9.48 Å². The second-order valence-electron chi connectivity index (χ2n) is 5.73. The Hall–Kier alpha value is -2.30. The molecule has 1 aromatic carbocycles. The first-order valence-corrected chi connectivity index (χ1v) is 7.62. The first kappa shape index (κ1) is 14.6. The van der Waals surface area contributed by atoms with Gasteiger partial charge in [-0.15, -0.1) is 0 Å². The van der Waals surface area contributed by atoms with Crippen LogP contribution in [0.25, 0.3) is 0 Å². The number of hydrogen-bond acceptors (Lipinski definition) is 3. The van der Waals surface area contributed by atoms with Crippen LogP contribution in [0.15, 0.2) is 36.7 Å². The first-order valence-electron chi connectivity index (χ1n) is 7.62. The van der Waals surface area contributed by atoms with Crippen molar-refractivity contribution in [1.29, 1.82) is 0 Å². The minimum absolute atomic E-state index is 0.0452. The van der Waals surface area contributed by atoms with Crippen LogP contribution in [0.5, 0.6) is 5.75 Å². The van der Waals surface area contributed by atoms with Crippen LogP contribution < -0.4 is 4.74 Å². The van der Waals surface area contributed by atoms with E-state index < -0.39 is 0 Å². The van der Waals surface area contributed by atoms with Crippen molar-refractivity contribution >= 4 is 5.91 Å². The SMILES string of the molecule is COc1ccccc1C(=O)N1CCC[C@@H]1Cn1cc(C)cn1. The Labute approximate surface area is 130 Å². The molecule has 1 amide bonds. The lowest BCUT2D eigenvalue weighted by Crippen LogP contribution is -2.38. The monoisotopic (exact) mass is 299 g/mol. The molecule has 0 radical (unpaired) electrons. The van der Waals surface area contributed by atoms with Gasteiger partial charge in [0.15, 0.2) is 0 Å². The van der Waals surface area contributed by atoms with Crippen molar-refractivity contribution in [3.8, 4) is 5.75 Å². The Kier molecular flexibility index (Phi) is 4.13. The van der Waals surface area contributed by atoms with E-state index in [9.17, 15) is 4.79 Å². The zero-order valence-corrected chi connectivity index (χ0v) is 13.0. The summed E-state index contributed by atoms with van der Waals surface area (Å²) in [6.45, 7) is 3.56. The molecule has 0 unspecified atom stereocenters. The minimum Gasteiger partial charge on any atom is -0.496 e. The minimum atomic E-state index is 0.0452. The summed E-state index contributed by atoms with van der Waals surface area (Å²) in [4.78, 5) is 14.8. The number of amides is 1. The van der Waals surface area contributed by atoms with Crippen molar-refractivity contribution in [1.82, 2.24) is 14.7 Å². The molecule has 1 aromatic heterocycles. The van der Waals surface area contributed by atoms with Crippen LogP contribution in [0.3, 0.4) is 0 Å². The standard InChI is InChI=1S/C17H21N3O2/c1-13-10-18-19(11-13)12-14-6-5-9-20(14)17(21)15-7-3-4-8-16(15)22-2/h3-4,7-8,10-11,14H,5-6,9,12H2,1-2H3/t14-/m1/s1. The van der Waals surface area contributed by atoms with Crippen LogP contribution in [0, 0.1) is 6.92 Å². The predicted molar refractivity (Wildman–Crippen MR) is 84.0 cm³/mol. The molecule has 0 N–H and O–H groups in total. The summed E-state index contributed by atoms with van der Waals surface area (Å²) in [7, 11) is 1.60. The third-order valence-corrected chi connectivity index (χ3v) is 4.14. The average molecular weight is 299 g/mol. The maximum atomic E-state index is 12.8. The number of rotatable bonds is 4. The van der Waals surface area contributed by atoms with Crippen LogP contribution in [-0.4, -0.2) is 40.3 Å². The fourth-order valence-corrected chi connectivity index (χ4v) is 3.05. The molecule has 1 fully saturated rings. The Morgan fingerprint density at radius 3 is 2.95 bits per heavy atom. The van der Waals surface area contributed by atoms with Gasteiger partial charge in [-0.25, -0.2) is 0 Å². The Balaban J connectivity index is 1.79. The number of methoxy groups -OCH3 is 1. The van der Waals surface area contributed by atoms with Gasteiger partial charge in [0, 0.05) is 12.7 Å². The lowest BCUT2D eigenvalue weighted by Gasteiger charge is -2.25. The summed E-state index contributed by atoms with van der Waals surface area (Å²) < 4.78 is 7.24. The number of carbonyl (C=O) groups is 1. The summed E-state index contributed by atoms with van der Waals surface area (Å²) in [6.07, 6.45) is 5.91. The summed E-state index contributed by atoms with van der Waals surface area (Å²) in [5, 5.41) is 4.33. The highest BCUT2D eigenvalue weighted by molar-refractivity contribution is 5.97. The smallest absolute Gasteiger partial charge is 0.257 e. The topological polar surface area (TPSA) is 47.4 Å². The van der Waals surface area contributed by atoms with E-state index in [2.05, 4.69) is 5.10 Å². The maximum absolute atomic E-state index is 12.8. The van der Waals surface area contributed by atoms with Crippen molar-refractivity contribution in [2.75, 3.05) is 13.7 Å². The van der Waals surface area contributed by atoms with Crippen LogP contribution >= 0.6 is 0 Å². The van der Waals surface area contributed by atoms with E-state index in [0.29, 0.717) is 11.3 Å². The number of aryl methyl sites for hydroxylation is 1. The van der Waals surface area contributed by atoms with E-state index in [1.807, 2.05) is 53.2 Å². The van der Waals surface area contributed by atoms with E-state index in [1.165, 1.54) is 0 Å². The highest BCUT2D eigenvalue weighted by Gasteiger charge is 2.31. The molecule has 1 aliphatic rings. The van der Waals surface area contributed by atoms with Crippen molar-refractivity contribution in [3.63, 3.8) is 0 Å². The molecule has 5 nitrogen and oxygen atoms in total. The third-order valence-electron chi connectivity index (χ3n) is 4.14. The van der Waals surface area contributed by atoms with Gasteiger partial charge < -0.3 is 9.64 Å². The van der Waals surface area contributed by atoms with Crippen molar-refractivity contribution in [2.24, 2.45) is 0 Å². The molecule has 22 heavy (non-hydrogen) atoms. The molecule has 2 heterocycles. The summed E-state index contributed by atoms with van der Waals surface area (Å²) in [5.41, 5.74) is 1.77. The molecule has 1 saturated heterocycles. The number of nitrogens with zero attached hydrogens (tertiary/aromatic N) is 3. The van der Waals surface area contributed by atoms with Crippen LogP contribution in [0.4, 0.5) is 0 Å². The lowest BCUT2D eigenvalue weighted by atomic mass is 10.1. The number of aromatic nitrogens is 2.